The summed E-state index contributed by atoms with van der Waals surface area (Å²) in [5, 5.41) is 21.6. The van der Waals surface area contributed by atoms with Crippen molar-refractivity contribution in [1.29, 1.82) is 5.26 Å². The van der Waals surface area contributed by atoms with E-state index in [9.17, 15) is 5.11 Å². The van der Waals surface area contributed by atoms with E-state index >= 15 is 0 Å². The molecule has 0 unspecified atom stereocenters. The standard InChI is InChI=1S/C13H17N3O/c14-8-11-4-5-12(15-9-11)16-13(10-17)6-2-1-3-7-13/h4-5,9,17H,1-3,6-7,10H2,(H,15,16). The maximum atomic E-state index is 9.56. The van der Waals surface area contributed by atoms with Crippen LogP contribution in [0.15, 0.2) is 18.3 Å². The molecule has 0 saturated heterocycles. The van der Waals surface area contributed by atoms with Crippen LogP contribution >= 0.6 is 0 Å². The molecule has 90 valence electrons. The number of anilines is 1. The number of aliphatic hydroxyl groups excluding tert-OH is 1. The van der Waals surface area contributed by atoms with E-state index in [4.69, 9.17) is 5.26 Å². The molecule has 1 aromatic rings. The molecule has 0 aromatic carbocycles. The molecule has 0 radical (unpaired) electrons. The molecule has 0 bridgehead atoms. The van der Waals surface area contributed by atoms with Crippen LogP contribution in [0.5, 0.6) is 0 Å². The highest BCUT2D eigenvalue weighted by Crippen LogP contribution is 2.30. The van der Waals surface area contributed by atoms with Crippen LogP contribution in [-0.2, 0) is 0 Å². The minimum absolute atomic E-state index is 0.134. The van der Waals surface area contributed by atoms with Crippen molar-refractivity contribution in [3.8, 4) is 6.07 Å². The third kappa shape index (κ3) is 2.75. The summed E-state index contributed by atoms with van der Waals surface area (Å²) < 4.78 is 0. The van der Waals surface area contributed by atoms with Gasteiger partial charge >= 0.3 is 0 Å². The maximum absolute atomic E-state index is 9.56. The first-order valence-electron chi connectivity index (χ1n) is 6.03. The molecular weight excluding hydrogens is 214 g/mol. The lowest BCUT2D eigenvalue weighted by Gasteiger charge is -2.36. The Morgan fingerprint density at radius 1 is 1.35 bits per heavy atom. The molecule has 17 heavy (non-hydrogen) atoms. The minimum atomic E-state index is -0.223. The van der Waals surface area contributed by atoms with Gasteiger partial charge in [-0.15, -0.1) is 0 Å². The fourth-order valence-corrected chi connectivity index (χ4v) is 2.36. The number of hydrogen-bond donors (Lipinski definition) is 2. The molecule has 0 aliphatic heterocycles. The molecule has 1 fully saturated rings. The highest BCUT2D eigenvalue weighted by atomic mass is 16.3. The van der Waals surface area contributed by atoms with Crippen molar-refractivity contribution in [2.75, 3.05) is 11.9 Å². The Bertz CT molecular complexity index is 402. The second-order valence-corrected chi connectivity index (χ2v) is 4.67. The van der Waals surface area contributed by atoms with Crippen LogP contribution in [0.4, 0.5) is 5.82 Å². The van der Waals surface area contributed by atoms with E-state index in [-0.39, 0.29) is 12.1 Å². The molecule has 0 amide bonds. The second-order valence-electron chi connectivity index (χ2n) is 4.67. The fourth-order valence-electron chi connectivity index (χ4n) is 2.36. The SMILES string of the molecule is N#Cc1ccc(NC2(CO)CCCCC2)nc1. The molecule has 0 spiro atoms. The van der Waals surface area contributed by atoms with Crippen molar-refractivity contribution >= 4 is 5.82 Å². The van der Waals surface area contributed by atoms with Gasteiger partial charge in [-0.2, -0.15) is 5.26 Å². The number of nitriles is 1. The van der Waals surface area contributed by atoms with E-state index < -0.39 is 0 Å². The average molecular weight is 231 g/mol. The Kier molecular flexibility index (Phi) is 3.60. The molecule has 1 aliphatic rings. The van der Waals surface area contributed by atoms with Crippen LogP contribution in [-0.4, -0.2) is 22.2 Å². The fraction of sp³-hybridized carbons (Fsp3) is 0.538. The number of nitrogens with zero attached hydrogens (tertiary/aromatic N) is 2. The van der Waals surface area contributed by atoms with Crippen LogP contribution in [0.1, 0.15) is 37.7 Å². The molecule has 1 saturated carbocycles. The topological polar surface area (TPSA) is 68.9 Å². The summed E-state index contributed by atoms with van der Waals surface area (Å²) in [6.45, 7) is 0.134. The molecule has 2 N–H and O–H groups in total. The van der Waals surface area contributed by atoms with Gasteiger partial charge in [-0.05, 0) is 25.0 Å². The quantitative estimate of drug-likeness (QED) is 0.835. The Hall–Kier alpha value is -1.60. The molecule has 0 atom stereocenters. The van der Waals surface area contributed by atoms with Crippen molar-refractivity contribution in [2.45, 2.75) is 37.6 Å². The molecule has 4 nitrogen and oxygen atoms in total. The first kappa shape index (κ1) is 11.9. The van der Waals surface area contributed by atoms with Crippen LogP contribution in [0.25, 0.3) is 0 Å². The van der Waals surface area contributed by atoms with Gasteiger partial charge in [0.25, 0.3) is 0 Å². The van der Waals surface area contributed by atoms with Gasteiger partial charge in [0, 0.05) is 6.20 Å². The van der Waals surface area contributed by atoms with Gasteiger partial charge in [-0.1, -0.05) is 19.3 Å². The second kappa shape index (κ2) is 5.15. The largest absolute Gasteiger partial charge is 0.394 e. The summed E-state index contributed by atoms with van der Waals surface area (Å²) in [6.07, 6.45) is 7.03. The number of aromatic nitrogens is 1. The first-order chi connectivity index (χ1) is 8.28. The summed E-state index contributed by atoms with van der Waals surface area (Å²) in [6, 6.07) is 5.58. The van der Waals surface area contributed by atoms with Crippen LogP contribution in [0.2, 0.25) is 0 Å². The predicted octanol–water partition coefficient (Wildman–Crippen LogP) is 2.06. The van der Waals surface area contributed by atoms with Crippen LogP contribution in [0.3, 0.4) is 0 Å². The lowest BCUT2D eigenvalue weighted by molar-refractivity contribution is 0.172. The summed E-state index contributed by atoms with van der Waals surface area (Å²) in [5.74, 6) is 0.736. The highest BCUT2D eigenvalue weighted by molar-refractivity contribution is 5.41. The summed E-state index contributed by atoms with van der Waals surface area (Å²) in [4.78, 5) is 4.19. The Balaban J connectivity index is 2.09. The van der Waals surface area contributed by atoms with Gasteiger partial charge in [-0.3, -0.25) is 0 Å². The van der Waals surface area contributed by atoms with Crippen molar-refractivity contribution in [3.05, 3.63) is 23.9 Å². The highest BCUT2D eigenvalue weighted by Gasteiger charge is 2.31. The van der Waals surface area contributed by atoms with Gasteiger partial charge in [0.2, 0.25) is 0 Å². The number of pyridine rings is 1. The molecule has 1 aliphatic carbocycles. The first-order valence-corrected chi connectivity index (χ1v) is 6.03. The Morgan fingerprint density at radius 2 is 2.12 bits per heavy atom. The minimum Gasteiger partial charge on any atom is -0.394 e. The maximum Gasteiger partial charge on any atom is 0.126 e. The summed E-state index contributed by atoms with van der Waals surface area (Å²) in [7, 11) is 0. The third-order valence-electron chi connectivity index (χ3n) is 3.40. The number of rotatable bonds is 3. The van der Waals surface area contributed by atoms with E-state index in [1.807, 2.05) is 6.07 Å². The van der Waals surface area contributed by atoms with Crippen molar-refractivity contribution in [1.82, 2.24) is 4.98 Å². The van der Waals surface area contributed by atoms with Gasteiger partial charge in [0.15, 0.2) is 0 Å². The van der Waals surface area contributed by atoms with Crippen molar-refractivity contribution in [3.63, 3.8) is 0 Å². The zero-order valence-corrected chi connectivity index (χ0v) is 9.82. The van der Waals surface area contributed by atoms with Crippen LogP contribution < -0.4 is 5.32 Å². The van der Waals surface area contributed by atoms with E-state index in [1.54, 1.807) is 18.3 Å². The Morgan fingerprint density at radius 3 is 2.65 bits per heavy atom. The van der Waals surface area contributed by atoms with Gasteiger partial charge < -0.3 is 10.4 Å². The van der Waals surface area contributed by atoms with Crippen LogP contribution in [0, 0.1) is 11.3 Å². The third-order valence-corrected chi connectivity index (χ3v) is 3.40. The normalized spacial score (nSPS) is 18.4. The Labute approximate surface area is 101 Å². The lowest BCUT2D eigenvalue weighted by Crippen LogP contribution is -2.44. The van der Waals surface area contributed by atoms with E-state index in [1.165, 1.54) is 6.42 Å². The van der Waals surface area contributed by atoms with Gasteiger partial charge in [0.05, 0.1) is 17.7 Å². The summed E-state index contributed by atoms with van der Waals surface area (Å²) in [5.41, 5.74) is 0.330. The molecule has 1 heterocycles. The number of aliphatic hydroxyl groups is 1. The monoisotopic (exact) mass is 231 g/mol. The molecule has 1 aromatic heterocycles. The molecule has 2 rings (SSSR count). The van der Waals surface area contributed by atoms with E-state index in [2.05, 4.69) is 10.3 Å². The molecule has 4 heteroatoms. The average Bonchev–Trinajstić information content (AvgIpc) is 2.41. The zero-order valence-electron chi connectivity index (χ0n) is 9.82. The lowest BCUT2D eigenvalue weighted by atomic mass is 9.82. The van der Waals surface area contributed by atoms with E-state index in [0.29, 0.717) is 5.56 Å². The van der Waals surface area contributed by atoms with E-state index in [0.717, 1.165) is 31.5 Å². The predicted molar refractivity (Wildman–Crippen MR) is 65.5 cm³/mol. The smallest absolute Gasteiger partial charge is 0.126 e. The zero-order chi connectivity index (χ0) is 12.1. The van der Waals surface area contributed by atoms with Gasteiger partial charge in [0.1, 0.15) is 11.9 Å². The van der Waals surface area contributed by atoms with Gasteiger partial charge in [-0.25, -0.2) is 4.98 Å². The van der Waals surface area contributed by atoms with Crippen molar-refractivity contribution in [2.24, 2.45) is 0 Å². The number of nitrogens with one attached hydrogen (secondary N) is 1. The molecular formula is C13H17N3O. The number of hydrogen-bond acceptors (Lipinski definition) is 4. The van der Waals surface area contributed by atoms with Crippen molar-refractivity contribution < 1.29 is 5.11 Å². The summed E-state index contributed by atoms with van der Waals surface area (Å²) >= 11 is 0.